The van der Waals surface area contributed by atoms with Crippen LogP contribution in [0.2, 0.25) is 5.02 Å². The van der Waals surface area contributed by atoms with Crippen LogP contribution in [0, 0.1) is 0 Å². The molecule has 2 aromatic rings. The predicted molar refractivity (Wildman–Crippen MR) is 83.6 cm³/mol. The highest BCUT2D eigenvalue weighted by molar-refractivity contribution is 6.30. The van der Waals surface area contributed by atoms with Gasteiger partial charge in [0.15, 0.2) is 5.78 Å². The third-order valence-corrected chi connectivity index (χ3v) is 3.53. The molecule has 0 bridgehead atoms. The number of hydrogen-bond donors (Lipinski definition) is 1. The summed E-state index contributed by atoms with van der Waals surface area (Å²) in [7, 11) is 0. The smallest absolute Gasteiger partial charge is 0.227 e. The zero-order chi connectivity index (χ0) is 15.2. The fourth-order valence-corrected chi connectivity index (χ4v) is 2.08. The summed E-state index contributed by atoms with van der Waals surface area (Å²) in [6, 6.07) is 16.1. The molecule has 1 unspecified atom stereocenters. The molecular weight excluding hydrogens is 286 g/mol. The highest BCUT2D eigenvalue weighted by Gasteiger charge is 2.16. The van der Waals surface area contributed by atoms with Crippen molar-refractivity contribution in [3.05, 3.63) is 70.7 Å². The lowest BCUT2D eigenvalue weighted by atomic mass is 10.0. The normalized spacial score (nSPS) is 11.7. The van der Waals surface area contributed by atoms with Gasteiger partial charge >= 0.3 is 0 Å². The van der Waals surface area contributed by atoms with Gasteiger partial charge in [0.2, 0.25) is 5.91 Å². The summed E-state index contributed by atoms with van der Waals surface area (Å²) in [4.78, 5) is 24.0. The molecule has 0 spiro atoms. The van der Waals surface area contributed by atoms with Gasteiger partial charge in [0, 0.05) is 10.6 Å². The van der Waals surface area contributed by atoms with Crippen LogP contribution in [0.25, 0.3) is 0 Å². The molecule has 21 heavy (non-hydrogen) atoms. The van der Waals surface area contributed by atoms with Crippen molar-refractivity contribution in [3.63, 3.8) is 0 Å². The van der Waals surface area contributed by atoms with E-state index in [-0.39, 0.29) is 24.2 Å². The predicted octanol–water partition coefficient (Wildman–Crippen LogP) is 3.44. The van der Waals surface area contributed by atoms with Crippen molar-refractivity contribution >= 4 is 23.3 Å². The number of nitrogens with one attached hydrogen (secondary N) is 1. The van der Waals surface area contributed by atoms with Crippen LogP contribution in [0.5, 0.6) is 0 Å². The maximum atomic E-state index is 12.0. The molecule has 4 heteroatoms. The first kappa shape index (κ1) is 15.3. The highest BCUT2D eigenvalue weighted by Crippen LogP contribution is 2.14. The Balaban J connectivity index is 1.92. The number of ketones is 1. The molecule has 0 aliphatic carbocycles. The van der Waals surface area contributed by atoms with Gasteiger partial charge in [-0.3, -0.25) is 9.59 Å². The summed E-state index contributed by atoms with van der Waals surface area (Å²) >= 11 is 5.77. The Bertz CT molecular complexity index is 623. The Morgan fingerprint density at radius 2 is 1.67 bits per heavy atom. The standard InChI is InChI=1S/C17H16ClNO2/c1-12(13-5-3-2-4-6-13)17(21)19-11-16(20)14-7-9-15(18)10-8-14/h2-10,12H,11H2,1H3,(H,19,21). The zero-order valence-electron chi connectivity index (χ0n) is 11.7. The molecule has 0 saturated heterocycles. The molecular formula is C17H16ClNO2. The molecule has 1 atom stereocenters. The average molecular weight is 302 g/mol. The minimum absolute atomic E-state index is 0.0162. The first-order valence-electron chi connectivity index (χ1n) is 6.69. The van der Waals surface area contributed by atoms with Gasteiger partial charge in [0.25, 0.3) is 0 Å². The first-order chi connectivity index (χ1) is 10.1. The molecule has 108 valence electrons. The third-order valence-electron chi connectivity index (χ3n) is 3.28. The molecule has 3 nitrogen and oxygen atoms in total. The van der Waals surface area contributed by atoms with E-state index in [9.17, 15) is 9.59 Å². The van der Waals surface area contributed by atoms with E-state index < -0.39 is 0 Å². The van der Waals surface area contributed by atoms with Crippen LogP contribution >= 0.6 is 11.6 Å². The number of Topliss-reactive ketones (excluding diaryl/α,β-unsaturated/α-hetero) is 1. The molecule has 2 aromatic carbocycles. The number of rotatable bonds is 5. The summed E-state index contributed by atoms with van der Waals surface area (Å²) in [6.45, 7) is 1.80. The van der Waals surface area contributed by atoms with Gasteiger partial charge in [-0.1, -0.05) is 41.9 Å². The molecule has 0 radical (unpaired) electrons. The van der Waals surface area contributed by atoms with Crippen molar-refractivity contribution in [2.75, 3.05) is 6.54 Å². The minimum atomic E-state index is -0.288. The number of carbonyl (C=O) groups excluding carboxylic acids is 2. The average Bonchev–Trinajstić information content (AvgIpc) is 2.53. The number of amides is 1. The molecule has 0 heterocycles. The molecule has 0 saturated carbocycles. The van der Waals surface area contributed by atoms with E-state index in [1.54, 1.807) is 24.3 Å². The summed E-state index contributed by atoms with van der Waals surface area (Å²) in [6.07, 6.45) is 0. The number of carbonyl (C=O) groups is 2. The minimum Gasteiger partial charge on any atom is -0.348 e. The molecule has 0 aliphatic rings. The second kappa shape index (κ2) is 7.04. The molecule has 0 aromatic heterocycles. The molecule has 1 amide bonds. The summed E-state index contributed by atoms with van der Waals surface area (Å²) in [5, 5.41) is 3.25. The fraction of sp³-hybridized carbons (Fsp3) is 0.176. The topological polar surface area (TPSA) is 46.2 Å². The van der Waals surface area contributed by atoms with Crippen LogP contribution in [0.4, 0.5) is 0 Å². The van der Waals surface area contributed by atoms with Crippen LogP contribution in [-0.4, -0.2) is 18.2 Å². The van der Waals surface area contributed by atoms with Gasteiger partial charge in [-0.15, -0.1) is 0 Å². The van der Waals surface area contributed by atoms with E-state index >= 15 is 0 Å². The van der Waals surface area contributed by atoms with Crippen molar-refractivity contribution < 1.29 is 9.59 Å². The van der Waals surface area contributed by atoms with Crippen LogP contribution in [0.1, 0.15) is 28.8 Å². The molecule has 2 rings (SSSR count). The number of hydrogen-bond acceptors (Lipinski definition) is 2. The van der Waals surface area contributed by atoms with Gasteiger partial charge in [-0.25, -0.2) is 0 Å². The first-order valence-corrected chi connectivity index (χ1v) is 7.07. The van der Waals surface area contributed by atoms with Gasteiger partial charge in [-0.05, 0) is 36.8 Å². The lowest BCUT2D eigenvalue weighted by Crippen LogP contribution is -2.32. The van der Waals surface area contributed by atoms with Crippen LogP contribution in [-0.2, 0) is 4.79 Å². The summed E-state index contributed by atoms with van der Waals surface area (Å²) in [5.41, 5.74) is 1.46. The molecule has 0 aliphatic heterocycles. The van der Waals surface area contributed by atoms with Gasteiger partial charge in [0.1, 0.15) is 0 Å². The third kappa shape index (κ3) is 4.17. The SMILES string of the molecule is CC(C(=O)NCC(=O)c1ccc(Cl)cc1)c1ccccc1. The lowest BCUT2D eigenvalue weighted by molar-refractivity contribution is -0.122. The molecule has 1 N–H and O–H groups in total. The molecule has 0 fully saturated rings. The summed E-state index contributed by atoms with van der Waals surface area (Å²) < 4.78 is 0. The van der Waals surface area contributed by atoms with Crippen LogP contribution < -0.4 is 5.32 Å². The van der Waals surface area contributed by atoms with Gasteiger partial charge in [-0.2, -0.15) is 0 Å². The van der Waals surface area contributed by atoms with E-state index in [0.717, 1.165) is 5.56 Å². The van der Waals surface area contributed by atoms with E-state index in [4.69, 9.17) is 11.6 Å². The second-order valence-electron chi connectivity index (χ2n) is 4.78. The monoisotopic (exact) mass is 301 g/mol. The van der Waals surface area contributed by atoms with E-state index in [1.165, 1.54) is 0 Å². The van der Waals surface area contributed by atoms with Crippen molar-refractivity contribution in [2.45, 2.75) is 12.8 Å². The van der Waals surface area contributed by atoms with Crippen molar-refractivity contribution in [2.24, 2.45) is 0 Å². The largest absolute Gasteiger partial charge is 0.348 e. The maximum Gasteiger partial charge on any atom is 0.227 e. The lowest BCUT2D eigenvalue weighted by Gasteiger charge is -2.12. The Morgan fingerprint density at radius 1 is 1.05 bits per heavy atom. The van der Waals surface area contributed by atoms with Crippen molar-refractivity contribution in [1.29, 1.82) is 0 Å². The Kier molecular flexibility index (Phi) is 5.12. The number of benzene rings is 2. The number of halogens is 1. The van der Waals surface area contributed by atoms with E-state index in [2.05, 4.69) is 5.32 Å². The summed E-state index contributed by atoms with van der Waals surface area (Å²) in [5.74, 6) is -0.590. The van der Waals surface area contributed by atoms with Gasteiger partial charge < -0.3 is 5.32 Å². The maximum absolute atomic E-state index is 12.0. The van der Waals surface area contributed by atoms with Crippen LogP contribution in [0.3, 0.4) is 0 Å². The zero-order valence-corrected chi connectivity index (χ0v) is 12.4. The van der Waals surface area contributed by atoms with Gasteiger partial charge in [0.05, 0.1) is 12.5 Å². The van der Waals surface area contributed by atoms with Crippen LogP contribution in [0.15, 0.2) is 54.6 Å². The fourth-order valence-electron chi connectivity index (χ4n) is 1.95. The van der Waals surface area contributed by atoms with E-state index in [1.807, 2.05) is 37.3 Å². The Morgan fingerprint density at radius 3 is 2.29 bits per heavy atom. The van der Waals surface area contributed by atoms with E-state index in [0.29, 0.717) is 10.6 Å². The van der Waals surface area contributed by atoms with Crippen molar-refractivity contribution in [3.8, 4) is 0 Å². The quantitative estimate of drug-likeness (QED) is 0.860. The second-order valence-corrected chi connectivity index (χ2v) is 5.22. The highest BCUT2D eigenvalue weighted by atomic mass is 35.5. The Labute approximate surface area is 128 Å². The Hall–Kier alpha value is -2.13. The van der Waals surface area contributed by atoms with Crippen molar-refractivity contribution in [1.82, 2.24) is 5.32 Å².